The summed E-state index contributed by atoms with van der Waals surface area (Å²) in [5.74, 6) is 1.94. The number of hydrogen-bond donors (Lipinski definition) is 1. The minimum atomic E-state index is -0.180. The lowest BCUT2D eigenvalue weighted by molar-refractivity contribution is 0.145. The van der Waals surface area contributed by atoms with E-state index < -0.39 is 0 Å². The molecule has 0 aromatic carbocycles. The second kappa shape index (κ2) is 7.82. The first-order valence-corrected chi connectivity index (χ1v) is 9.80. The highest BCUT2D eigenvalue weighted by molar-refractivity contribution is 5.62. The number of aliphatic hydroxyl groups excluding tert-OH is 1. The zero-order chi connectivity index (χ0) is 18.8. The molecule has 8 heteroatoms. The van der Waals surface area contributed by atoms with Crippen LogP contribution in [-0.2, 0) is 13.6 Å². The summed E-state index contributed by atoms with van der Waals surface area (Å²) in [4.78, 5) is 16.4. The predicted molar refractivity (Wildman–Crippen MR) is 105 cm³/mol. The lowest BCUT2D eigenvalue weighted by Gasteiger charge is -2.38. The van der Waals surface area contributed by atoms with E-state index in [1.165, 1.54) is 11.3 Å². The zero-order valence-corrected chi connectivity index (χ0v) is 16.3. The maximum atomic E-state index is 9.78. The molecule has 2 saturated heterocycles. The molecule has 0 amide bonds. The van der Waals surface area contributed by atoms with Crippen LogP contribution in [0.5, 0.6) is 0 Å². The van der Waals surface area contributed by atoms with Crippen molar-refractivity contribution in [1.29, 1.82) is 0 Å². The Labute approximate surface area is 160 Å². The molecule has 2 fully saturated rings. The summed E-state index contributed by atoms with van der Waals surface area (Å²) < 4.78 is 1.94. The fraction of sp³-hybridized carbons (Fsp3) is 0.632. The van der Waals surface area contributed by atoms with Gasteiger partial charge in [0.1, 0.15) is 0 Å². The Hall–Kier alpha value is -2.19. The van der Waals surface area contributed by atoms with Crippen molar-refractivity contribution in [3.63, 3.8) is 0 Å². The van der Waals surface area contributed by atoms with E-state index in [2.05, 4.69) is 36.7 Å². The molecule has 0 unspecified atom stereocenters. The average molecular weight is 371 g/mol. The molecule has 2 aromatic rings. The highest BCUT2D eigenvalue weighted by atomic mass is 16.3. The lowest BCUT2D eigenvalue weighted by atomic mass is 10.1. The van der Waals surface area contributed by atoms with Gasteiger partial charge in [0.15, 0.2) is 11.6 Å². The maximum absolute atomic E-state index is 9.78. The predicted octanol–water partition coefficient (Wildman–Crippen LogP) is 0.802. The molecule has 1 N–H and O–H groups in total. The molecule has 0 spiro atoms. The molecule has 2 aromatic heterocycles. The van der Waals surface area contributed by atoms with Crippen molar-refractivity contribution in [2.45, 2.75) is 32.4 Å². The van der Waals surface area contributed by atoms with E-state index in [0.29, 0.717) is 0 Å². The Morgan fingerprint density at radius 3 is 2.11 bits per heavy atom. The first-order valence-electron chi connectivity index (χ1n) is 9.80. The number of rotatable bonds is 4. The highest BCUT2D eigenvalue weighted by Crippen LogP contribution is 2.28. The third-order valence-electron chi connectivity index (χ3n) is 5.83. The van der Waals surface area contributed by atoms with Crippen molar-refractivity contribution >= 4 is 11.6 Å². The molecule has 0 radical (unpaired) electrons. The van der Waals surface area contributed by atoms with Crippen LogP contribution in [-0.4, -0.2) is 75.1 Å². The van der Waals surface area contributed by atoms with Gasteiger partial charge in [0.25, 0.3) is 0 Å². The largest absolute Gasteiger partial charge is 0.393 e. The van der Waals surface area contributed by atoms with Crippen LogP contribution in [0.1, 0.15) is 24.1 Å². The number of hydrogen-bond acceptors (Lipinski definition) is 7. The molecule has 27 heavy (non-hydrogen) atoms. The number of anilines is 2. The third-order valence-corrected chi connectivity index (χ3v) is 5.83. The SMILES string of the molecule is Cc1c(CN2CCN(c3nccnc3N3CCC(O)CC3)CC2)cnn1C. The van der Waals surface area contributed by atoms with Gasteiger partial charge >= 0.3 is 0 Å². The zero-order valence-electron chi connectivity index (χ0n) is 16.3. The van der Waals surface area contributed by atoms with Crippen molar-refractivity contribution in [2.75, 3.05) is 49.1 Å². The molecule has 0 atom stereocenters. The number of nitrogens with zero attached hydrogens (tertiary/aromatic N) is 7. The molecule has 4 heterocycles. The number of aromatic nitrogens is 4. The molecular weight excluding hydrogens is 342 g/mol. The van der Waals surface area contributed by atoms with Gasteiger partial charge in [-0.15, -0.1) is 0 Å². The fourth-order valence-electron chi connectivity index (χ4n) is 3.91. The summed E-state index contributed by atoms with van der Waals surface area (Å²) in [7, 11) is 1.99. The Bertz CT molecular complexity index is 761. The summed E-state index contributed by atoms with van der Waals surface area (Å²) >= 11 is 0. The average Bonchev–Trinajstić information content (AvgIpc) is 3.01. The Morgan fingerprint density at radius 2 is 1.56 bits per heavy atom. The van der Waals surface area contributed by atoms with Gasteiger partial charge < -0.3 is 14.9 Å². The van der Waals surface area contributed by atoms with Crippen molar-refractivity contribution in [2.24, 2.45) is 7.05 Å². The molecule has 0 bridgehead atoms. The molecule has 2 aliphatic heterocycles. The van der Waals surface area contributed by atoms with E-state index in [9.17, 15) is 5.11 Å². The number of aliphatic hydroxyl groups is 1. The van der Waals surface area contributed by atoms with E-state index in [0.717, 1.165) is 70.3 Å². The summed E-state index contributed by atoms with van der Waals surface area (Å²) in [6.07, 6.45) is 6.95. The third kappa shape index (κ3) is 3.91. The lowest BCUT2D eigenvalue weighted by Crippen LogP contribution is -2.47. The smallest absolute Gasteiger partial charge is 0.172 e. The molecule has 146 valence electrons. The van der Waals surface area contributed by atoms with Gasteiger partial charge in [-0.05, 0) is 19.8 Å². The van der Waals surface area contributed by atoms with E-state index in [-0.39, 0.29) is 6.10 Å². The Balaban J connectivity index is 1.40. The number of piperidine rings is 1. The second-order valence-corrected chi connectivity index (χ2v) is 7.56. The quantitative estimate of drug-likeness (QED) is 0.852. The van der Waals surface area contributed by atoms with Crippen LogP contribution in [0.3, 0.4) is 0 Å². The molecule has 0 aliphatic carbocycles. The first kappa shape index (κ1) is 18.2. The van der Waals surface area contributed by atoms with Gasteiger partial charge in [0.2, 0.25) is 0 Å². The van der Waals surface area contributed by atoms with Crippen LogP contribution in [0.25, 0.3) is 0 Å². The van der Waals surface area contributed by atoms with Crippen molar-refractivity contribution in [3.8, 4) is 0 Å². The summed E-state index contributed by atoms with van der Waals surface area (Å²) in [5.41, 5.74) is 2.54. The topological polar surface area (TPSA) is 73.6 Å². The van der Waals surface area contributed by atoms with Crippen molar-refractivity contribution in [3.05, 3.63) is 29.8 Å². The van der Waals surface area contributed by atoms with E-state index in [1.807, 2.05) is 17.9 Å². The van der Waals surface area contributed by atoms with Gasteiger partial charge in [-0.2, -0.15) is 5.10 Å². The van der Waals surface area contributed by atoms with Crippen molar-refractivity contribution < 1.29 is 5.11 Å². The van der Waals surface area contributed by atoms with Crippen LogP contribution in [0, 0.1) is 6.92 Å². The van der Waals surface area contributed by atoms with Crippen LogP contribution >= 0.6 is 0 Å². The van der Waals surface area contributed by atoms with Crippen LogP contribution in [0.15, 0.2) is 18.6 Å². The summed E-state index contributed by atoms with van der Waals surface area (Å²) in [6, 6.07) is 0. The standard InChI is InChI=1S/C19H29N7O/c1-15-16(13-22-23(15)2)14-24-9-11-26(12-10-24)19-18(20-5-6-21-19)25-7-3-17(27)4-8-25/h5-6,13,17,27H,3-4,7-12,14H2,1-2H3. The van der Waals surface area contributed by atoms with Gasteiger partial charge in [0, 0.05) is 76.5 Å². The van der Waals surface area contributed by atoms with Gasteiger partial charge in [-0.1, -0.05) is 0 Å². The summed E-state index contributed by atoms with van der Waals surface area (Å²) in [6.45, 7) is 8.65. The highest BCUT2D eigenvalue weighted by Gasteiger charge is 2.26. The van der Waals surface area contributed by atoms with Gasteiger partial charge in [-0.3, -0.25) is 9.58 Å². The van der Waals surface area contributed by atoms with Gasteiger partial charge in [0.05, 0.1) is 12.3 Å². The van der Waals surface area contributed by atoms with Crippen LogP contribution < -0.4 is 9.80 Å². The van der Waals surface area contributed by atoms with Crippen LogP contribution in [0.4, 0.5) is 11.6 Å². The van der Waals surface area contributed by atoms with Gasteiger partial charge in [-0.25, -0.2) is 9.97 Å². The fourth-order valence-corrected chi connectivity index (χ4v) is 3.91. The minimum absolute atomic E-state index is 0.180. The van der Waals surface area contributed by atoms with E-state index in [1.54, 1.807) is 12.4 Å². The monoisotopic (exact) mass is 371 g/mol. The second-order valence-electron chi connectivity index (χ2n) is 7.56. The normalized spacial score (nSPS) is 19.7. The number of piperazine rings is 1. The van der Waals surface area contributed by atoms with E-state index >= 15 is 0 Å². The maximum Gasteiger partial charge on any atom is 0.172 e. The molecule has 0 saturated carbocycles. The van der Waals surface area contributed by atoms with E-state index in [4.69, 9.17) is 0 Å². The molecule has 8 nitrogen and oxygen atoms in total. The Kier molecular flexibility index (Phi) is 5.27. The minimum Gasteiger partial charge on any atom is -0.393 e. The van der Waals surface area contributed by atoms with Crippen molar-refractivity contribution in [1.82, 2.24) is 24.6 Å². The summed E-state index contributed by atoms with van der Waals surface area (Å²) in [5, 5.41) is 14.1. The molecular formula is C19H29N7O. The first-order chi connectivity index (χ1) is 13.1. The number of aryl methyl sites for hydroxylation is 1. The van der Waals surface area contributed by atoms with Crippen LogP contribution in [0.2, 0.25) is 0 Å². The molecule has 4 rings (SSSR count). The Morgan fingerprint density at radius 1 is 0.963 bits per heavy atom. The molecule has 2 aliphatic rings.